The van der Waals surface area contributed by atoms with Crippen molar-refractivity contribution in [3.63, 3.8) is 0 Å². The van der Waals surface area contributed by atoms with E-state index < -0.39 is 0 Å². The number of anilines is 1. The zero-order valence-electron chi connectivity index (χ0n) is 17.8. The van der Waals surface area contributed by atoms with Gasteiger partial charge in [-0.1, -0.05) is 60.2 Å². The van der Waals surface area contributed by atoms with E-state index in [1.807, 2.05) is 6.20 Å². The van der Waals surface area contributed by atoms with Crippen molar-refractivity contribution in [1.82, 2.24) is 14.9 Å². The van der Waals surface area contributed by atoms with Crippen molar-refractivity contribution in [2.45, 2.75) is 38.1 Å². The summed E-state index contributed by atoms with van der Waals surface area (Å²) in [6, 6.07) is 18.1. The maximum absolute atomic E-state index is 4.89. The Hall–Kier alpha value is -2.50. The molecule has 158 valence electrons. The molecule has 4 heterocycles. The van der Waals surface area contributed by atoms with Crippen LogP contribution < -0.4 is 4.90 Å². The third kappa shape index (κ3) is 3.70. The van der Waals surface area contributed by atoms with E-state index in [1.54, 1.807) is 11.3 Å². The van der Waals surface area contributed by atoms with Crippen molar-refractivity contribution in [3.05, 3.63) is 54.7 Å². The van der Waals surface area contributed by atoms with E-state index in [9.17, 15) is 0 Å². The highest BCUT2D eigenvalue weighted by Crippen LogP contribution is 2.35. The molecule has 2 aromatic heterocycles. The van der Waals surface area contributed by atoms with Crippen LogP contribution in [-0.4, -0.2) is 47.1 Å². The van der Waals surface area contributed by atoms with Gasteiger partial charge < -0.3 is 9.80 Å². The van der Waals surface area contributed by atoms with Crippen LogP contribution in [0.25, 0.3) is 32.2 Å². The summed E-state index contributed by atoms with van der Waals surface area (Å²) in [5, 5.41) is 3.67. The fourth-order valence-electron chi connectivity index (χ4n) is 5.27. The first kappa shape index (κ1) is 19.2. The number of likely N-dealkylation sites (tertiary alicyclic amines) is 1. The van der Waals surface area contributed by atoms with Crippen LogP contribution in [0, 0.1) is 0 Å². The number of benzene rings is 2. The van der Waals surface area contributed by atoms with Crippen molar-refractivity contribution in [3.8, 4) is 11.1 Å². The van der Waals surface area contributed by atoms with E-state index in [-0.39, 0.29) is 0 Å². The number of thiazole rings is 1. The molecule has 6 rings (SSSR count). The van der Waals surface area contributed by atoms with Gasteiger partial charge >= 0.3 is 0 Å². The molecule has 2 aliphatic rings. The van der Waals surface area contributed by atoms with Crippen LogP contribution >= 0.6 is 11.3 Å². The Morgan fingerprint density at radius 1 is 0.871 bits per heavy atom. The summed E-state index contributed by atoms with van der Waals surface area (Å²) in [6.07, 6.45) is 8.66. The minimum atomic E-state index is 0.766. The number of rotatable bonds is 3. The molecule has 0 amide bonds. The summed E-state index contributed by atoms with van der Waals surface area (Å²) >= 11 is 1.79. The van der Waals surface area contributed by atoms with Gasteiger partial charge in [-0.15, -0.1) is 0 Å². The van der Waals surface area contributed by atoms with Gasteiger partial charge in [0, 0.05) is 30.9 Å². The first-order valence-corrected chi connectivity index (χ1v) is 12.4. The molecule has 31 heavy (non-hydrogen) atoms. The fraction of sp³-hybridized carbons (Fsp3) is 0.385. The number of nitrogens with zero attached hydrogens (tertiary/aromatic N) is 4. The quantitative estimate of drug-likeness (QED) is 0.403. The zero-order chi connectivity index (χ0) is 20.6. The Balaban J connectivity index is 1.24. The number of hydrogen-bond donors (Lipinski definition) is 0. The van der Waals surface area contributed by atoms with Crippen molar-refractivity contribution < 1.29 is 0 Å². The second-order valence-corrected chi connectivity index (χ2v) is 9.89. The smallest absolute Gasteiger partial charge is 0.188 e. The lowest BCUT2D eigenvalue weighted by atomic mass is 10.00. The molecule has 0 bridgehead atoms. The predicted octanol–water partition coefficient (Wildman–Crippen LogP) is 5.97. The lowest BCUT2D eigenvalue weighted by Crippen LogP contribution is -2.46. The topological polar surface area (TPSA) is 32.3 Å². The third-order valence-electron chi connectivity index (χ3n) is 6.98. The summed E-state index contributed by atoms with van der Waals surface area (Å²) in [7, 11) is 0. The second-order valence-electron chi connectivity index (χ2n) is 8.88. The average Bonchev–Trinajstić information content (AvgIpc) is 3.28. The summed E-state index contributed by atoms with van der Waals surface area (Å²) in [4.78, 5) is 14.8. The molecule has 0 radical (unpaired) electrons. The Labute approximate surface area is 187 Å². The van der Waals surface area contributed by atoms with Gasteiger partial charge in [0.05, 0.1) is 4.70 Å². The minimum Gasteiger partial charge on any atom is -0.348 e. The van der Waals surface area contributed by atoms with Crippen LogP contribution in [0.15, 0.2) is 54.7 Å². The van der Waals surface area contributed by atoms with Crippen LogP contribution in [0.2, 0.25) is 0 Å². The molecule has 2 aliphatic heterocycles. The Morgan fingerprint density at radius 2 is 1.68 bits per heavy atom. The largest absolute Gasteiger partial charge is 0.348 e. The maximum Gasteiger partial charge on any atom is 0.188 e. The molecule has 0 spiro atoms. The van der Waals surface area contributed by atoms with Gasteiger partial charge in [0.1, 0.15) is 0 Å². The van der Waals surface area contributed by atoms with E-state index in [1.165, 1.54) is 71.8 Å². The van der Waals surface area contributed by atoms with Gasteiger partial charge in [0.2, 0.25) is 0 Å². The number of piperidine rings is 2. The molecule has 2 aromatic carbocycles. The average molecular weight is 429 g/mol. The molecular weight excluding hydrogens is 400 g/mol. The first-order valence-electron chi connectivity index (χ1n) is 11.6. The highest BCUT2D eigenvalue weighted by molar-refractivity contribution is 7.22. The van der Waals surface area contributed by atoms with Gasteiger partial charge in [-0.25, -0.2) is 4.98 Å². The molecule has 0 N–H and O–H groups in total. The standard InChI is InChI=1S/C26H28N4S/c1-4-13-29(14-5-1)21-11-15-30(16-12-21)26-28-25-24(31-26)17-20(18-27-25)23-10-6-8-19-7-2-3-9-22(19)23/h2-3,6-10,17-18,21H,1,4-5,11-16H2. The molecule has 0 atom stereocenters. The van der Waals surface area contributed by atoms with Crippen molar-refractivity contribution >= 4 is 37.6 Å². The van der Waals surface area contributed by atoms with Gasteiger partial charge in [0.25, 0.3) is 0 Å². The molecule has 2 saturated heterocycles. The predicted molar refractivity (Wildman–Crippen MR) is 131 cm³/mol. The molecule has 5 heteroatoms. The van der Waals surface area contributed by atoms with Gasteiger partial charge in [-0.2, -0.15) is 4.98 Å². The van der Waals surface area contributed by atoms with Crippen LogP contribution in [-0.2, 0) is 0 Å². The number of pyridine rings is 1. The Morgan fingerprint density at radius 3 is 2.55 bits per heavy atom. The van der Waals surface area contributed by atoms with Crippen LogP contribution in [0.4, 0.5) is 5.13 Å². The van der Waals surface area contributed by atoms with Gasteiger partial charge in [-0.3, -0.25) is 0 Å². The van der Waals surface area contributed by atoms with Crippen LogP contribution in [0.1, 0.15) is 32.1 Å². The monoisotopic (exact) mass is 428 g/mol. The minimum absolute atomic E-state index is 0.766. The number of fused-ring (bicyclic) bond motifs is 2. The maximum atomic E-state index is 4.89. The molecule has 0 aliphatic carbocycles. The van der Waals surface area contributed by atoms with E-state index in [4.69, 9.17) is 9.97 Å². The fourth-order valence-corrected chi connectivity index (χ4v) is 6.29. The third-order valence-corrected chi connectivity index (χ3v) is 8.03. The van der Waals surface area contributed by atoms with Crippen LogP contribution in [0.5, 0.6) is 0 Å². The van der Waals surface area contributed by atoms with E-state index in [0.29, 0.717) is 0 Å². The van der Waals surface area contributed by atoms with Crippen LogP contribution in [0.3, 0.4) is 0 Å². The molecule has 0 saturated carbocycles. The number of aromatic nitrogens is 2. The summed E-state index contributed by atoms with van der Waals surface area (Å²) < 4.78 is 1.18. The highest BCUT2D eigenvalue weighted by atomic mass is 32.1. The summed E-state index contributed by atoms with van der Waals surface area (Å²) in [5.41, 5.74) is 3.29. The normalized spacial score (nSPS) is 18.8. The van der Waals surface area contributed by atoms with Crippen molar-refractivity contribution in [1.29, 1.82) is 0 Å². The molecule has 4 nitrogen and oxygen atoms in total. The highest BCUT2D eigenvalue weighted by Gasteiger charge is 2.27. The Kier molecular flexibility index (Phi) is 5.09. The molecule has 0 unspecified atom stereocenters. The van der Waals surface area contributed by atoms with E-state index in [2.05, 4.69) is 58.3 Å². The van der Waals surface area contributed by atoms with Crippen molar-refractivity contribution in [2.24, 2.45) is 0 Å². The van der Waals surface area contributed by atoms with E-state index >= 15 is 0 Å². The first-order chi connectivity index (χ1) is 15.3. The molecule has 4 aromatic rings. The zero-order valence-corrected chi connectivity index (χ0v) is 18.7. The SMILES string of the molecule is c1ccc2c(-c3cnc4nc(N5CCC(N6CCCCC6)CC5)sc4c3)cccc2c1. The van der Waals surface area contributed by atoms with Crippen molar-refractivity contribution in [2.75, 3.05) is 31.1 Å². The lowest BCUT2D eigenvalue weighted by Gasteiger charge is -2.40. The summed E-state index contributed by atoms with van der Waals surface area (Å²) in [6.45, 7) is 4.81. The Bertz CT molecular complexity index is 1200. The number of hydrogen-bond acceptors (Lipinski definition) is 5. The summed E-state index contributed by atoms with van der Waals surface area (Å²) in [5.74, 6) is 0. The van der Waals surface area contributed by atoms with Gasteiger partial charge in [-0.05, 0) is 61.2 Å². The lowest BCUT2D eigenvalue weighted by molar-refractivity contribution is 0.141. The van der Waals surface area contributed by atoms with Gasteiger partial charge in [0.15, 0.2) is 10.8 Å². The molecule has 2 fully saturated rings. The second kappa shape index (κ2) is 8.21. The molecular formula is C26H28N4S. The van der Waals surface area contributed by atoms with E-state index in [0.717, 1.165) is 29.9 Å².